The predicted molar refractivity (Wildman–Crippen MR) is 63.0 cm³/mol. The van der Waals surface area contributed by atoms with Crippen LogP contribution >= 0.6 is 0 Å². The topological polar surface area (TPSA) is 68.0 Å². The standard InChI is InChI=1S/C12H9F2N3O/c13-8-2-1-3-10(11(8)14)17-12(18)7-4-5-16-6-9(7)15/h1-6H,15H2,(H,17,18). The first-order chi connectivity index (χ1) is 8.59. The number of nitrogen functional groups attached to an aromatic ring is 1. The van der Waals surface area contributed by atoms with E-state index >= 15 is 0 Å². The number of halogens is 2. The average molecular weight is 249 g/mol. The van der Waals surface area contributed by atoms with Crippen LogP contribution in [0, 0.1) is 11.6 Å². The van der Waals surface area contributed by atoms with E-state index in [1.54, 1.807) is 0 Å². The summed E-state index contributed by atoms with van der Waals surface area (Å²) in [6, 6.07) is 4.91. The molecule has 18 heavy (non-hydrogen) atoms. The highest BCUT2D eigenvalue weighted by Gasteiger charge is 2.13. The van der Waals surface area contributed by atoms with Crippen LogP contribution in [-0.2, 0) is 0 Å². The van der Waals surface area contributed by atoms with Crippen molar-refractivity contribution in [3.05, 3.63) is 53.9 Å². The van der Waals surface area contributed by atoms with Crippen LogP contribution in [0.5, 0.6) is 0 Å². The van der Waals surface area contributed by atoms with Gasteiger partial charge in [0.1, 0.15) is 0 Å². The van der Waals surface area contributed by atoms with E-state index in [1.165, 1.54) is 30.6 Å². The number of nitrogens with two attached hydrogens (primary N) is 1. The third kappa shape index (κ3) is 2.27. The summed E-state index contributed by atoms with van der Waals surface area (Å²) < 4.78 is 26.3. The Morgan fingerprint density at radius 1 is 1.28 bits per heavy atom. The molecule has 1 aromatic heterocycles. The second-order valence-corrected chi connectivity index (χ2v) is 3.52. The summed E-state index contributed by atoms with van der Waals surface area (Å²) in [5.41, 5.74) is 5.62. The van der Waals surface area contributed by atoms with Gasteiger partial charge in [-0.05, 0) is 18.2 Å². The minimum atomic E-state index is -1.11. The summed E-state index contributed by atoms with van der Waals surface area (Å²) >= 11 is 0. The Bertz CT molecular complexity index is 602. The maximum Gasteiger partial charge on any atom is 0.257 e. The van der Waals surface area contributed by atoms with Crippen LogP contribution in [0.4, 0.5) is 20.2 Å². The Kier molecular flexibility index (Phi) is 3.18. The molecule has 0 bridgehead atoms. The Morgan fingerprint density at radius 2 is 2.06 bits per heavy atom. The fourth-order valence-electron chi connectivity index (χ4n) is 1.40. The highest BCUT2D eigenvalue weighted by atomic mass is 19.2. The number of nitrogens with one attached hydrogen (secondary N) is 1. The largest absolute Gasteiger partial charge is 0.397 e. The van der Waals surface area contributed by atoms with Gasteiger partial charge >= 0.3 is 0 Å². The summed E-state index contributed by atoms with van der Waals surface area (Å²) in [6.07, 6.45) is 2.68. The molecule has 2 rings (SSSR count). The number of pyridine rings is 1. The molecule has 0 saturated carbocycles. The Labute approximate surface area is 101 Å². The molecular weight excluding hydrogens is 240 g/mol. The fraction of sp³-hybridized carbons (Fsp3) is 0. The van der Waals surface area contributed by atoms with Gasteiger partial charge < -0.3 is 11.1 Å². The smallest absolute Gasteiger partial charge is 0.257 e. The third-order valence-electron chi connectivity index (χ3n) is 2.30. The van der Waals surface area contributed by atoms with Gasteiger partial charge in [-0.15, -0.1) is 0 Å². The molecule has 0 spiro atoms. The molecule has 6 heteroatoms. The fourth-order valence-corrected chi connectivity index (χ4v) is 1.40. The molecule has 0 atom stereocenters. The van der Waals surface area contributed by atoms with Gasteiger partial charge in [0.25, 0.3) is 5.91 Å². The average Bonchev–Trinajstić information content (AvgIpc) is 2.35. The molecule has 1 heterocycles. The summed E-state index contributed by atoms with van der Waals surface area (Å²) in [7, 11) is 0. The number of carbonyl (C=O) groups excluding carboxylic acids is 1. The molecule has 4 nitrogen and oxygen atoms in total. The van der Waals surface area contributed by atoms with E-state index < -0.39 is 17.5 Å². The molecule has 0 aliphatic heterocycles. The molecule has 0 radical (unpaired) electrons. The second kappa shape index (κ2) is 4.79. The normalized spacial score (nSPS) is 10.1. The molecule has 1 amide bonds. The zero-order chi connectivity index (χ0) is 13.1. The number of amides is 1. The zero-order valence-electron chi connectivity index (χ0n) is 9.15. The van der Waals surface area contributed by atoms with Gasteiger partial charge in [-0.3, -0.25) is 9.78 Å². The third-order valence-corrected chi connectivity index (χ3v) is 2.30. The molecule has 0 saturated heterocycles. The van der Waals surface area contributed by atoms with Crippen LogP contribution in [0.15, 0.2) is 36.7 Å². The van der Waals surface area contributed by atoms with Crippen molar-refractivity contribution in [3.8, 4) is 0 Å². The molecule has 0 aliphatic rings. The van der Waals surface area contributed by atoms with Crippen LogP contribution in [0.25, 0.3) is 0 Å². The van der Waals surface area contributed by atoms with Crippen LogP contribution in [0.1, 0.15) is 10.4 Å². The summed E-state index contributed by atoms with van der Waals surface area (Å²) in [5.74, 6) is -2.77. The van der Waals surface area contributed by atoms with E-state index in [1.807, 2.05) is 0 Å². The molecule has 1 aromatic carbocycles. The van der Waals surface area contributed by atoms with Gasteiger partial charge in [0, 0.05) is 6.20 Å². The molecule has 2 aromatic rings. The van der Waals surface area contributed by atoms with Crippen molar-refractivity contribution in [1.29, 1.82) is 0 Å². The lowest BCUT2D eigenvalue weighted by Gasteiger charge is -2.08. The van der Waals surface area contributed by atoms with Crippen LogP contribution in [0.2, 0.25) is 0 Å². The van der Waals surface area contributed by atoms with Crippen LogP contribution in [-0.4, -0.2) is 10.9 Å². The molecule has 0 fully saturated rings. The highest BCUT2D eigenvalue weighted by molar-refractivity contribution is 6.07. The van der Waals surface area contributed by atoms with Gasteiger partial charge in [-0.25, -0.2) is 8.78 Å². The number of hydrogen-bond acceptors (Lipinski definition) is 3. The maximum absolute atomic E-state index is 13.3. The van der Waals surface area contributed by atoms with E-state index in [9.17, 15) is 13.6 Å². The molecular formula is C12H9F2N3O. The van der Waals surface area contributed by atoms with E-state index in [4.69, 9.17) is 5.73 Å². The number of benzene rings is 1. The van der Waals surface area contributed by atoms with Gasteiger partial charge in [-0.2, -0.15) is 0 Å². The lowest BCUT2D eigenvalue weighted by Crippen LogP contribution is -2.15. The predicted octanol–water partition coefficient (Wildman–Crippen LogP) is 2.19. The van der Waals surface area contributed by atoms with Gasteiger partial charge in [0.05, 0.1) is 23.1 Å². The van der Waals surface area contributed by atoms with Crippen LogP contribution in [0.3, 0.4) is 0 Å². The first kappa shape index (κ1) is 12.0. The summed E-state index contributed by atoms with van der Waals surface area (Å²) in [6.45, 7) is 0. The van der Waals surface area contributed by atoms with E-state index in [2.05, 4.69) is 10.3 Å². The Balaban J connectivity index is 2.27. The molecule has 0 unspecified atom stereocenters. The Morgan fingerprint density at radius 3 is 2.78 bits per heavy atom. The van der Waals surface area contributed by atoms with Crippen molar-refractivity contribution in [3.63, 3.8) is 0 Å². The quantitative estimate of drug-likeness (QED) is 0.857. The van der Waals surface area contributed by atoms with Gasteiger partial charge in [-0.1, -0.05) is 6.07 Å². The maximum atomic E-state index is 13.3. The SMILES string of the molecule is Nc1cnccc1C(=O)Nc1cccc(F)c1F. The highest BCUT2D eigenvalue weighted by Crippen LogP contribution is 2.18. The minimum Gasteiger partial charge on any atom is -0.397 e. The van der Waals surface area contributed by atoms with E-state index in [0.29, 0.717) is 0 Å². The monoisotopic (exact) mass is 249 g/mol. The lowest BCUT2D eigenvalue weighted by molar-refractivity contribution is 0.102. The number of anilines is 2. The van der Waals surface area contributed by atoms with Crippen molar-refractivity contribution in [2.24, 2.45) is 0 Å². The molecule has 0 aliphatic carbocycles. The summed E-state index contributed by atoms with van der Waals surface area (Å²) in [5, 5.41) is 2.25. The van der Waals surface area contributed by atoms with E-state index in [-0.39, 0.29) is 16.9 Å². The minimum absolute atomic E-state index is 0.147. The summed E-state index contributed by atoms with van der Waals surface area (Å²) in [4.78, 5) is 15.5. The zero-order valence-corrected chi connectivity index (χ0v) is 9.15. The molecule has 92 valence electrons. The number of carbonyl (C=O) groups is 1. The molecule has 3 N–H and O–H groups in total. The lowest BCUT2D eigenvalue weighted by atomic mass is 10.2. The van der Waals surface area contributed by atoms with Crippen LogP contribution < -0.4 is 11.1 Å². The van der Waals surface area contributed by atoms with Gasteiger partial charge in [0.2, 0.25) is 0 Å². The van der Waals surface area contributed by atoms with Crippen molar-refractivity contribution in [2.45, 2.75) is 0 Å². The number of nitrogens with zero attached hydrogens (tertiary/aromatic N) is 1. The number of rotatable bonds is 2. The number of aromatic nitrogens is 1. The van der Waals surface area contributed by atoms with E-state index in [0.717, 1.165) is 6.07 Å². The first-order valence-corrected chi connectivity index (χ1v) is 5.04. The Hall–Kier alpha value is -2.50. The first-order valence-electron chi connectivity index (χ1n) is 5.04. The number of hydrogen-bond donors (Lipinski definition) is 2. The van der Waals surface area contributed by atoms with Crippen molar-refractivity contribution < 1.29 is 13.6 Å². The van der Waals surface area contributed by atoms with Crippen molar-refractivity contribution >= 4 is 17.3 Å². The van der Waals surface area contributed by atoms with Gasteiger partial charge in [0.15, 0.2) is 11.6 Å². The van der Waals surface area contributed by atoms with Crippen molar-refractivity contribution in [1.82, 2.24) is 4.98 Å². The second-order valence-electron chi connectivity index (χ2n) is 3.52. The van der Waals surface area contributed by atoms with Crippen molar-refractivity contribution in [2.75, 3.05) is 11.1 Å².